The van der Waals surface area contributed by atoms with Crippen molar-refractivity contribution in [2.24, 2.45) is 0 Å². The Bertz CT molecular complexity index is 441. The zero-order chi connectivity index (χ0) is 14.4. The van der Waals surface area contributed by atoms with E-state index in [1.807, 2.05) is 11.4 Å². The first-order valence-electron chi connectivity index (χ1n) is 6.97. The molecule has 1 atom stereocenters. The van der Waals surface area contributed by atoms with Crippen molar-refractivity contribution in [2.75, 3.05) is 6.54 Å². The number of hydrogen-bond acceptors (Lipinski definition) is 4. The second kappa shape index (κ2) is 7.40. The van der Waals surface area contributed by atoms with Gasteiger partial charge in [0.1, 0.15) is 6.10 Å². The first-order valence-corrected chi connectivity index (χ1v) is 7.85. The van der Waals surface area contributed by atoms with Crippen molar-refractivity contribution in [3.05, 3.63) is 22.4 Å². The number of carbonyl (C=O) groups is 2. The highest BCUT2D eigenvalue weighted by atomic mass is 32.1. The molecule has 110 valence electrons. The van der Waals surface area contributed by atoms with E-state index in [9.17, 15) is 14.7 Å². The summed E-state index contributed by atoms with van der Waals surface area (Å²) in [5, 5.41) is 16.9. The molecule has 1 unspecified atom stereocenters. The van der Waals surface area contributed by atoms with Gasteiger partial charge in [-0.2, -0.15) is 0 Å². The third-order valence-corrected chi connectivity index (χ3v) is 4.45. The third-order valence-electron chi connectivity index (χ3n) is 3.47. The van der Waals surface area contributed by atoms with Crippen LogP contribution in [0, 0.1) is 0 Å². The largest absolute Gasteiger partial charge is 0.386 e. The van der Waals surface area contributed by atoms with Crippen molar-refractivity contribution in [2.45, 2.75) is 44.2 Å². The Morgan fingerprint density at radius 1 is 1.30 bits per heavy atom. The summed E-state index contributed by atoms with van der Waals surface area (Å²) >= 11 is 1.42. The molecule has 0 saturated heterocycles. The average molecular weight is 296 g/mol. The summed E-state index contributed by atoms with van der Waals surface area (Å²) in [6.07, 6.45) is 4.52. The Kier molecular flexibility index (Phi) is 5.55. The molecule has 1 aromatic heterocycles. The van der Waals surface area contributed by atoms with E-state index in [4.69, 9.17) is 0 Å². The number of rotatable bonds is 4. The summed E-state index contributed by atoms with van der Waals surface area (Å²) < 4.78 is 0. The van der Waals surface area contributed by atoms with Crippen LogP contribution in [0.4, 0.5) is 0 Å². The van der Waals surface area contributed by atoms with Gasteiger partial charge in [-0.3, -0.25) is 9.59 Å². The molecule has 2 amide bonds. The van der Waals surface area contributed by atoms with Gasteiger partial charge in [-0.25, -0.2) is 0 Å². The molecule has 0 aliphatic heterocycles. The van der Waals surface area contributed by atoms with E-state index < -0.39 is 17.9 Å². The van der Waals surface area contributed by atoms with Crippen molar-refractivity contribution in [1.82, 2.24) is 10.6 Å². The van der Waals surface area contributed by atoms with E-state index in [0.717, 1.165) is 30.6 Å². The van der Waals surface area contributed by atoms with Crippen LogP contribution in [0.15, 0.2) is 17.5 Å². The summed E-state index contributed by atoms with van der Waals surface area (Å²) in [5.74, 6) is -1.28. The van der Waals surface area contributed by atoms with Crippen molar-refractivity contribution in [1.29, 1.82) is 0 Å². The highest BCUT2D eigenvalue weighted by molar-refractivity contribution is 7.10. The van der Waals surface area contributed by atoms with Gasteiger partial charge in [-0.15, -0.1) is 11.3 Å². The molecule has 5 nitrogen and oxygen atoms in total. The number of amides is 2. The highest BCUT2D eigenvalue weighted by Gasteiger charge is 2.21. The topological polar surface area (TPSA) is 78.4 Å². The van der Waals surface area contributed by atoms with Crippen molar-refractivity contribution in [3.8, 4) is 0 Å². The summed E-state index contributed by atoms with van der Waals surface area (Å²) in [6.45, 7) is 0.0530. The van der Waals surface area contributed by atoms with Crippen LogP contribution in [0.25, 0.3) is 0 Å². The molecule has 6 heteroatoms. The normalized spacial score (nSPS) is 17.4. The Morgan fingerprint density at radius 3 is 2.70 bits per heavy atom. The molecule has 0 spiro atoms. The van der Waals surface area contributed by atoms with Gasteiger partial charge in [-0.1, -0.05) is 25.3 Å². The van der Waals surface area contributed by atoms with Crippen LogP contribution < -0.4 is 10.6 Å². The molecule has 20 heavy (non-hydrogen) atoms. The standard InChI is InChI=1S/C14H20N2O3S/c17-11(12-7-4-8-20-12)9-15-13(18)14(19)16-10-5-2-1-3-6-10/h4,7-8,10-11,17H,1-3,5-6,9H2,(H,15,18)(H,16,19). The predicted octanol–water partition coefficient (Wildman–Crippen LogP) is 1.35. The summed E-state index contributed by atoms with van der Waals surface area (Å²) in [5.41, 5.74) is 0. The molecular weight excluding hydrogens is 276 g/mol. The van der Waals surface area contributed by atoms with Crippen LogP contribution in [0.1, 0.15) is 43.1 Å². The fourth-order valence-electron chi connectivity index (χ4n) is 2.35. The maximum absolute atomic E-state index is 11.7. The fraction of sp³-hybridized carbons (Fsp3) is 0.571. The summed E-state index contributed by atoms with van der Waals surface area (Å²) in [7, 11) is 0. The van der Waals surface area contributed by atoms with Crippen LogP contribution in [-0.4, -0.2) is 29.5 Å². The van der Waals surface area contributed by atoms with Gasteiger partial charge in [0.25, 0.3) is 0 Å². The Balaban J connectivity index is 1.72. The van der Waals surface area contributed by atoms with E-state index in [0.29, 0.717) is 0 Å². The van der Waals surface area contributed by atoms with Crippen LogP contribution in [-0.2, 0) is 9.59 Å². The van der Waals surface area contributed by atoms with Gasteiger partial charge in [0.15, 0.2) is 0 Å². The Labute approximate surface area is 122 Å². The minimum atomic E-state index is -0.763. The minimum absolute atomic E-state index is 0.0530. The van der Waals surface area contributed by atoms with Gasteiger partial charge in [0.05, 0.1) is 0 Å². The van der Waals surface area contributed by atoms with Gasteiger partial charge in [-0.05, 0) is 24.3 Å². The lowest BCUT2D eigenvalue weighted by Gasteiger charge is -2.22. The average Bonchev–Trinajstić information content (AvgIpc) is 2.99. The molecular formula is C14H20N2O3S. The van der Waals surface area contributed by atoms with Crippen LogP contribution in [0.3, 0.4) is 0 Å². The molecule has 0 bridgehead atoms. The summed E-state index contributed by atoms with van der Waals surface area (Å²) in [4.78, 5) is 24.1. The van der Waals surface area contributed by atoms with Crippen LogP contribution in [0.2, 0.25) is 0 Å². The number of nitrogens with one attached hydrogen (secondary N) is 2. The lowest BCUT2D eigenvalue weighted by atomic mass is 9.95. The van der Waals surface area contributed by atoms with E-state index in [1.54, 1.807) is 6.07 Å². The third kappa shape index (κ3) is 4.31. The molecule has 1 aromatic rings. The molecule has 0 aromatic carbocycles. The van der Waals surface area contributed by atoms with E-state index >= 15 is 0 Å². The Morgan fingerprint density at radius 2 is 2.05 bits per heavy atom. The monoisotopic (exact) mass is 296 g/mol. The van der Waals surface area contributed by atoms with Gasteiger partial charge in [0.2, 0.25) is 0 Å². The second-order valence-electron chi connectivity index (χ2n) is 5.05. The molecule has 1 heterocycles. The number of aliphatic hydroxyl groups excluding tert-OH is 1. The SMILES string of the molecule is O=C(NCC(O)c1cccs1)C(=O)NC1CCCCC1. The highest BCUT2D eigenvalue weighted by Crippen LogP contribution is 2.18. The fourth-order valence-corrected chi connectivity index (χ4v) is 3.06. The molecule has 1 saturated carbocycles. The number of carbonyl (C=O) groups excluding carboxylic acids is 2. The Hall–Kier alpha value is -1.40. The molecule has 1 aliphatic carbocycles. The molecule has 2 rings (SSSR count). The van der Waals surface area contributed by atoms with E-state index in [1.165, 1.54) is 17.8 Å². The van der Waals surface area contributed by atoms with Crippen molar-refractivity contribution >= 4 is 23.2 Å². The smallest absolute Gasteiger partial charge is 0.309 e. The minimum Gasteiger partial charge on any atom is -0.386 e. The second-order valence-corrected chi connectivity index (χ2v) is 6.03. The van der Waals surface area contributed by atoms with Gasteiger partial charge in [0, 0.05) is 17.5 Å². The maximum Gasteiger partial charge on any atom is 0.309 e. The van der Waals surface area contributed by atoms with Crippen LogP contribution in [0.5, 0.6) is 0 Å². The zero-order valence-corrected chi connectivity index (χ0v) is 12.1. The maximum atomic E-state index is 11.7. The predicted molar refractivity (Wildman–Crippen MR) is 77.3 cm³/mol. The van der Waals surface area contributed by atoms with Gasteiger partial charge >= 0.3 is 11.8 Å². The molecule has 1 fully saturated rings. The number of hydrogen-bond donors (Lipinski definition) is 3. The van der Waals surface area contributed by atoms with E-state index in [2.05, 4.69) is 10.6 Å². The number of thiophene rings is 1. The molecule has 0 radical (unpaired) electrons. The molecule has 1 aliphatic rings. The first-order chi connectivity index (χ1) is 9.66. The lowest BCUT2D eigenvalue weighted by Crippen LogP contribution is -2.46. The quantitative estimate of drug-likeness (QED) is 0.734. The van der Waals surface area contributed by atoms with Crippen LogP contribution >= 0.6 is 11.3 Å². The van der Waals surface area contributed by atoms with Crippen molar-refractivity contribution < 1.29 is 14.7 Å². The summed E-state index contributed by atoms with van der Waals surface area (Å²) in [6, 6.07) is 3.74. The first kappa shape index (κ1) is 15.0. The molecule has 3 N–H and O–H groups in total. The van der Waals surface area contributed by atoms with Crippen molar-refractivity contribution in [3.63, 3.8) is 0 Å². The zero-order valence-electron chi connectivity index (χ0n) is 11.3. The van der Waals surface area contributed by atoms with Gasteiger partial charge < -0.3 is 15.7 Å². The van der Waals surface area contributed by atoms with E-state index in [-0.39, 0.29) is 12.6 Å². The number of aliphatic hydroxyl groups is 1. The lowest BCUT2D eigenvalue weighted by molar-refractivity contribution is -0.140.